The third-order valence-corrected chi connectivity index (χ3v) is 6.09. The number of rotatable bonds is 9. The van der Waals surface area contributed by atoms with Crippen molar-refractivity contribution in [2.75, 3.05) is 27.4 Å². The molecule has 1 N–H and O–H groups in total. The molecule has 36 heavy (non-hydrogen) atoms. The minimum atomic E-state index is -0.981. The number of aliphatic hydroxyl groups is 1. The van der Waals surface area contributed by atoms with Gasteiger partial charge in [0, 0.05) is 5.56 Å². The summed E-state index contributed by atoms with van der Waals surface area (Å²) in [4.78, 5) is 11.5. The minimum absolute atomic E-state index is 0.134. The fraction of sp³-hybridized carbons (Fsp3) is 0.276. The highest BCUT2D eigenvalue weighted by Crippen LogP contribution is 2.36. The summed E-state index contributed by atoms with van der Waals surface area (Å²) in [6.45, 7) is 1.39. The molecule has 6 nitrogen and oxygen atoms in total. The van der Waals surface area contributed by atoms with Crippen molar-refractivity contribution in [3.05, 3.63) is 89.2 Å². The molecule has 0 saturated carbocycles. The standard InChI is InChI=1S/C29H29FO6/c1-33-22-7-9-27(30)26(16-22)24-8-6-19(14-25(24)20-10-12-35-13-11-20)18-36-23-5-3-4-21(15-23)28(31)17-29(32)34-2/h3-10,14-16,28,31H,11-13,17-18H2,1-2H3/t28-/m1/s1. The second-order valence-corrected chi connectivity index (χ2v) is 8.44. The first kappa shape index (κ1) is 25.4. The predicted molar refractivity (Wildman–Crippen MR) is 134 cm³/mol. The molecule has 3 aromatic carbocycles. The zero-order valence-electron chi connectivity index (χ0n) is 20.3. The number of benzene rings is 3. The van der Waals surface area contributed by atoms with Crippen LogP contribution in [0.3, 0.4) is 0 Å². The molecule has 3 aromatic rings. The van der Waals surface area contributed by atoms with Crippen molar-refractivity contribution in [3.63, 3.8) is 0 Å². The molecule has 0 bridgehead atoms. The molecule has 188 valence electrons. The van der Waals surface area contributed by atoms with Crippen LogP contribution in [0.4, 0.5) is 4.39 Å². The van der Waals surface area contributed by atoms with E-state index in [0.29, 0.717) is 35.8 Å². The quantitative estimate of drug-likeness (QED) is 0.399. The number of methoxy groups -OCH3 is 2. The summed E-state index contributed by atoms with van der Waals surface area (Å²) in [5.41, 5.74) is 4.73. The van der Waals surface area contributed by atoms with Crippen LogP contribution in [0.2, 0.25) is 0 Å². The first-order valence-electron chi connectivity index (χ1n) is 11.7. The van der Waals surface area contributed by atoms with E-state index in [1.807, 2.05) is 24.3 Å². The van der Waals surface area contributed by atoms with Crippen molar-refractivity contribution in [2.24, 2.45) is 0 Å². The molecule has 1 aliphatic heterocycles. The van der Waals surface area contributed by atoms with Gasteiger partial charge in [0.05, 0.1) is 40.0 Å². The molecule has 0 unspecified atom stereocenters. The molecule has 0 fully saturated rings. The van der Waals surface area contributed by atoms with Gasteiger partial charge < -0.3 is 24.1 Å². The van der Waals surface area contributed by atoms with Crippen LogP contribution in [0.15, 0.2) is 66.7 Å². The van der Waals surface area contributed by atoms with Gasteiger partial charge in [-0.2, -0.15) is 0 Å². The Balaban J connectivity index is 1.60. The average Bonchev–Trinajstić information content (AvgIpc) is 2.92. The summed E-state index contributed by atoms with van der Waals surface area (Å²) in [5, 5.41) is 10.3. The Morgan fingerprint density at radius 2 is 1.89 bits per heavy atom. The molecular weight excluding hydrogens is 463 g/mol. The number of aliphatic hydroxyl groups excluding tert-OH is 1. The van der Waals surface area contributed by atoms with E-state index in [-0.39, 0.29) is 18.8 Å². The van der Waals surface area contributed by atoms with E-state index in [0.717, 1.165) is 28.7 Å². The average molecular weight is 493 g/mol. The molecule has 0 radical (unpaired) electrons. The Hall–Kier alpha value is -3.68. The van der Waals surface area contributed by atoms with Gasteiger partial charge in [-0.3, -0.25) is 4.79 Å². The van der Waals surface area contributed by atoms with Gasteiger partial charge in [-0.25, -0.2) is 4.39 Å². The molecule has 7 heteroatoms. The van der Waals surface area contributed by atoms with Gasteiger partial charge in [0.15, 0.2) is 0 Å². The van der Waals surface area contributed by atoms with Crippen LogP contribution in [0.1, 0.15) is 35.6 Å². The van der Waals surface area contributed by atoms with Crippen molar-refractivity contribution in [1.82, 2.24) is 0 Å². The lowest BCUT2D eigenvalue weighted by molar-refractivity contribution is -0.142. The van der Waals surface area contributed by atoms with E-state index in [1.165, 1.54) is 13.2 Å². The van der Waals surface area contributed by atoms with E-state index in [2.05, 4.69) is 4.74 Å². The maximum absolute atomic E-state index is 14.8. The summed E-state index contributed by atoms with van der Waals surface area (Å²) in [7, 11) is 2.84. The van der Waals surface area contributed by atoms with Gasteiger partial charge in [-0.1, -0.05) is 30.3 Å². The second kappa shape index (κ2) is 11.8. The van der Waals surface area contributed by atoms with Crippen LogP contribution in [-0.2, 0) is 20.9 Å². The molecule has 1 aliphatic rings. The Kier molecular flexibility index (Phi) is 8.36. The van der Waals surface area contributed by atoms with Crippen LogP contribution in [0.5, 0.6) is 11.5 Å². The van der Waals surface area contributed by atoms with E-state index >= 15 is 0 Å². The second-order valence-electron chi connectivity index (χ2n) is 8.44. The van der Waals surface area contributed by atoms with Crippen molar-refractivity contribution in [1.29, 1.82) is 0 Å². The predicted octanol–water partition coefficient (Wildman–Crippen LogP) is 5.48. The fourth-order valence-corrected chi connectivity index (χ4v) is 4.13. The lowest BCUT2D eigenvalue weighted by atomic mass is 9.90. The topological polar surface area (TPSA) is 74.2 Å². The van der Waals surface area contributed by atoms with E-state index in [4.69, 9.17) is 14.2 Å². The zero-order valence-corrected chi connectivity index (χ0v) is 20.3. The third kappa shape index (κ3) is 6.11. The minimum Gasteiger partial charge on any atom is -0.497 e. The van der Waals surface area contributed by atoms with Gasteiger partial charge in [-0.05, 0) is 70.6 Å². The SMILES string of the molecule is COC(=O)C[C@@H](O)c1cccc(OCc2ccc(-c3cc(OC)ccc3F)c(C3=CCOCC3)c2)c1. The Morgan fingerprint density at radius 3 is 2.64 bits per heavy atom. The molecular formula is C29H29FO6. The van der Waals surface area contributed by atoms with Crippen molar-refractivity contribution in [3.8, 4) is 22.6 Å². The Morgan fingerprint density at radius 1 is 1.03 bits per heavy atom. The molecule has 4 rings (SSSR count). The number of halogens is 1. The monoisotopic (exact) mass is 492 g/mol. The molecule has 0 saturated heterocycles. The van der Waals surface area contributed by atoms with E-state index in [9.17, 15) is 14.3 Å². The highest BCUT2D eigenvalue weighted by Gasteiger charge is 2.17. The Labute approximate surface area is 209 Å². The van der Waals surface area contributed by atoms with Crippen LogP contribution in [0.25, 0.3) is 16.7 Å². The van der Waals surface area contributed by atoms with E-state index < -0.39 is 12.1 Å². The highest BCUT2D eigenvalue weighted by molar-refractivity contribution is 5.83. The number of hydrogen-bond donors (Lipinski definition) is 1. The molecule has 1 atom stereocenters. The normalized spacial score (nSPS) is 14.1. The lowest BCUT2D eigenvalue weighted by Crippen LogP contribution is -2.08. The molecule has 0 aromatic heterocycles. The van der Waals surface area contributed by atoms with Gasteiger partial charge in [-0.15, -0.1) is 0 Å². The van der Waals surface area contributed by atoms with Gasteiger partial charge in [0.25, 0.3) is 0 Å². The smallest absolute Gasteiger partial charge is 0.308 e. The summed E-state index contributed by atoms with van der Waals surface area (Å²) in [6, 6.07) is 17.5. The van der Waals surface area contributed by atoms with Gasteiger partial charge >= 0.3 is 5.97 Å². The van der Waals surface area contributed by atoms with Gasteiger partial charge in [0.2, 0.25) is 0 Å². The van der Waals surface area contributed by atoms with Crippen molar-refractivity contribution >= 4 is 11.5 Å². The zero-order chi connectivity index (χ0) is 25.5. The first-order valence-corrected chi connectivity index (χ1v) is 11.7. The Bertz CT molecular complexity index is 1250. The summed E-state index contributed by atoms with van der Waals surface area (Å²) in [5.74, 6) is 0.332. The number of carbonyl (C=O) groups is 1. The number of esters is 1. The maximum Gasteiger partial charge on any atom is 0.308 e. The molecule has 1 heterocycles. The molecule has 0 amide bonds. The molecule has 0 aliphatic carbocycles. The first-order chi connectivity index (χ1) is 17.5. The van der Waals surface area contributed by atoms with Gasteiger partial charge in [0.1, 0.15) is 23.9 Å². The fourth-order valence-electron chi connectivity index (χ4n) is 4.13. The summed E-state index contributed by atoms with van der Waals surface area (Å²) < 4.78 is 36.3. The van der Waals surface area contributed by atoms with Crippen LogP contribution < -0.4 is 9.47 Å². The number of carbonyl (C=O) groups excluding carboxylic acids is 1. The van der Waals surface area contributed by atoms with Crippen molar-refractivity contribution in [2.45, 2.75) is 25.6 Å². The highest BCUT2D eigenvalue weighted by atomic mass is 19.1. The van der Waals surface area contributed by atoms with Crippen LogP contribution in [0, 0.1) is 5.82 Å². The maximum atomic E-state index is 14.8. The number of ether oxygens (including phenoxy) is 4. The summed E-state index contributed by atoms with van der Waals surface area (Å²) in [6.07, 6.45) is 1.63. The van der Waals surface area contributed by atoms with E-state index in [1.54, 1.807) is 43.5 Å². The molecule has 0 spiro atoms. The number of hydrogen-bond acceptors (Lipinski definition) is 6. The lowest BCUT2D eigenvalue weighted by Gasteiger charge is -2.19. The third-order valence-electron chi connectivity index (χ3n) is 6.09. The van der Waals surface area contributed by atoms with Crippen LogP contribution >= 0.6 is 0 Å². The van der Waals surface area contributed by atoms with Crippen LogP contribution in [-0.4, -0.2) is 38.5 Å². The summed E-state index contributed by atoms with van der Waals surface area (Å²) >= 11 is 0. The largest absolute Gasteiger partial charge is 0.497 e. The van der Waals surface area contributed by atoms with Crippen molar-refractivity contribution < 1.29 is 33.2 Å².